The Morgan fingerprint density at radius 3 is 2.34 bits per heavy atom. The number of piperazine rings is 1. The first-order valence-electron chi connectivity index (χ1n) is 10.6. The van der Waals surface area contributed by atoms with Crippen LogP contribution in [0.3, 0.4) is 0 Å². The second-order valence-electron chi connectivity index (χ2n) is 7.40. The first-order chi connectivity index (χ1) is 15.7. The summed E-state index contributed by atoms with van der Waals surface area (Å²) in [6.45, 7) is 3.09. The molecule has 7 nitrogen and oxygen atoms in total. The maximum Gasteiger partial charge on any atom is 0.233 e. The molecule has 2 aromatic carbocycles. The number of amides is 2. The van der Waals surface area contributed by atoms with Gasteiger partial charge in [0.25, 0.3) is 0 Å². The second-order valence-corrected chi connectivity index (χ2v) is 9.60. The van der Waals surface area contributed by atoms with Crippen LogP contribution < -0.4 is 10.2 Å². The molecule has 32 heavy (non-hydrogen) atoms. The van der Waals surface area contributed by atoms with E-state index < -0.39 is 0 Å². The third-order valence-electron chi connectivity index (χ3n) is 5.21. The van der Waals surface area contributed by atoms with Gasteiger partial charge in [-0.1, -0.05) is 71.6 Å². The molecule has 4 rings (SSSR count). The first-order valence-corrected chi connectivity index (χ1v) is 12.4. The molecule has 0 unspecified atom stereocenters. The van der Waals surface area contributed by atoms with E-state index in [4.69, 9.17) is 0 Å². The normalized spacial score (nSPS) is 13.8. The molecule has 0 saturated carbocycles. The second kappa shape index (κ2) is 11.1. The summed E-state index contributed by atoms with van der Waals surface area (Å²) < 4.78 is 0.680. The highest BCUT2D eigenvalue weighted by Gasteiger charge is 2.21. The average molecular weight is 468 g/mol. The van der Waals surface area contributed by atoms with E-state index in [1.807, 2.05) is 53.4 Å². The van der Waals surface area contributed by atoms with Crippen molar-refractivity contribution in [3.8, 4) is 0 Å². The maximum atomic E-state index is 12.6. The van der Waals surface area contributed by atoms with Gasteiger partial charge in [0.2, 0.25) is 16.9 Å². The topological polar surface area (TPSA) is 78.4 Å². The van der Waals surface area contributed by atoms with Crippen molar-refractivity contribution in [2.75, 3.05) is 42.1 Å². The van der Waals surface area contributed by atoms with E-state index in [0.29, 0.717) is 41.2 Å². The molecule has 9 heteroatoms. The van der Waals surface area contributed by atoms with Gasteiger partial charge in [-0.15, -0.1) is 10.2 Å². The molecule has 1 aromatic heterocycles. The van der Waals surface area contributed by atoms with Crippen LogP contribution in [0.2, 0.25) is 0 Å². The Balaban J connectivity index is 1.18. The Morgan fingerprint density at radius 2 is 1.62 bits per heavy atom. The molecule has 0 radical (unpaired) electrons. The van der Waals surface area contributed by atoms with Crippen LogP contribution in [-0.4, -0.2) is 58.8 Å². The van der Waals surface area contributed by atoms with E-state index in [1.165, 1.54) is 28.8 Å². The summed E-state index contributed by atoms with van der Waals surface area (Å²) in [6.07, 6.45) is 1.07. The van der Waals surface area contributed by atoms with Gasteiger partial charge in [-0.3, -0.25) is 9.59 Å². The number of thioether (sulfide) groups is 1. The number of nitrogens with zero attached hydrogens (tertiary/aromatic N) is 4. The van der Waals surface area contributed by atoms with Crippen molar-refractivity contribution >= 4 is 45.7 Å². The molecule has 2 heterocycles. The molecule has 2 amide bonds. The average Bonchev–Trinajstić information content (AvgIpc) is 3.29. The molecule has 0 atom stereocenters. The molecular weight excluding hydrogens is 442 g/mol. The van der Waals surface area contributed by atoms with Gasteiger partial charge in [-0.05, 0) is 24.1 Å². The lowest BCUT2D eigenvalue weighted by Gasteiger charge is -2.36. The summed E-state index contributed by atoms with van der Waals surface area (Å²) in [5.74, 6) is 0.335. The van der Waals surface area contributed by atoms with E-state index in [2.05, 4.69) is 32.5 Å². The Bertz CT molecular complexity index is 1020. The fourth-order valence-electron chi connectivity index (χ4n) is 3.47. The number of hydrogen-bond donors (Lipinski definition) is 1. The van der Waals surface area contributed by atoms with Gasteiger partial charge < -0.3 is 15.1 Å². The Labute approximate surface area is 195 Å². The zero-order valence-electron chi connectivity index (χ0n) is 17.6. The Morgan fingerprint density at radius 1 is 0.938 bits per heavy atom. The zero-order chi connectivity index (χ0) is 22.2. The predicted molar refractivity (Wildman–Crippen MR) is 129 cm³/mol. The number of carbonyl (C=O) groups is 2. The predicted octanol–water partition coefficient (Wildman–Crippen LogP) is 3.55. The summed E-state index contributed by atoms with van der Waals surface area (Å²) in [7, 11) is 0. The van der Waals surface area contributed by atoms with Crippen LogP contribution >= 0.6 is 23.1 Å². The first kappa shape index (κ1) is 22.3. The van der Waals surface area contributed by atoms with Crippen LogP contribution in [0, 0.1) is 0 Å². The van der Waals surface area contributed by atoms with Crippen molar-refractivity contribution < 1.29 is 9.59 Å². The SMILES string of the molecule is O=C(CCc1ccccc1)Nc1nnc(SCC(=O)N2CCN(c3ccccc3)CC2)s1. The monoisotopic (exact) mass is 467 g/mol. The standard InChI is InChI=1S/C23H25N5O2S2/c29-20(12-11-18-7-3-1-4-8-18)24-22-25-26-23(32-22)31-17-21(30)28-15-13-27(14-16-28)19-9-5-2-6-10-19/h1-10H,11-17H2,(H,24,25,29). The summed E-state index contributed by atoms with van der Waals surface area (Å²) >= 11 is 2.67. The summed E-state index contributed by atoms with van der Waals surface area (Å²) in [5.41, 5.74) is 2.32. The number of aryl methyl sites for hydroxylation is 1. The van der Waals surface area contributed by atoms with E-state index in [1.54, 1.807) is 0 Å². The minimum Gasteiger partial charge on any atom is -0.368 e. The number of rotatable bonds is 8. The number of carbonyl (C=O) groups excluding carboxylic acids is 2. The van der Waals surface area contributed by atoms with Crippen molar-refractivity contribution in [2.24, 2.45) is 0 Å². The van der Waals surface area contributed by atoms with Gasteiger partial charge >= 0.3 is 0 Å². The van der Waals surface area contributed by atoms with Crippen molar-refractivity contribution in [1.82, 2.24) is 15.1 Å². The van der Waals surface area contributed by atoms with Gasteiger partial charge in [0.1, 0.15) is 0 Å². The van der Waals surface area contributed by atoms with Gasteiger partial charge in [-0.2, -0.15) is 0 Å². The highest BCUT2D eigenvalue weighted by molar-refractivity contribution is 8.01. The Hall–Kier alpha value is -2.91. The number of benzene rings is 2. The van der Waals surface area contributed by atoms with E-state index >= 15 is 0 Å². The van der Waals surface area contributed by atoms with E-state index in [-0.39, 0.29) is 11.8 Å². The van der Waals surface area contributed by atoms with Crippen molar-refractivity contribution in [3.05, 3.63) is 66.2 Å². The van der Waals surface area contributed by atoms with Crippen molar-refractivity contribution in [1.29, 1.82) is 0 Å². The summed E-state index contributed by atoms with van der Waals surface area (Å²) in [4.78, 5) is 28.9. The highest BCUT2D eigenvalue weighted by Crippen LogP contribution is 2.26. The van der Waals surface area contributed by atoms with Crippen molar-refractivity contribution in [2.45, 2.75) is 17.2 Å². The van der Waals surface area contributed by atoms with Gasteiger partial charge in [0.15, 0.2) is 4.34 Å². The van der Waals surface area contributed by atoms with Gasteiger partial charge in [0, 0.05) is 38.3 Å². The zero-order valence-corrected chi connectivity index (χ0v) is 19.3. The number of anilines is 2. The molecule has 3 aromatic rings. The molecule has 1 aliphatic heterocycles. The molecule has 166 valence electrons. The smallest absolute Gasteiger partial charge is 0.233 e. The number of aromatic nitrogens is 2. The quantitative estimate of drug-likeness (QED) is 0.403. The van der Waals surface area contributed by atoms with Gasteiger partial charge in [-0.25, -0.2) is 0 Å². The van der Waals surface area contributed by atoms with Crippen LogP contribution in [0.25, 0.3) is 0 Å². The van der Waals surface area contributed by atoms with Crippen LogP contribution in [0.5, 0.6) is 0 Å². The van der Waals surface area contributed by atoms with Crippen LogP contribution in [0.15, 0.2) is 65.0 Å². The Kier molecular flexibility index (Phi) is 7.73. The van der Waals surface area contributed by atoms with Crippen molar-refractivity contribution in [3.63, 3.8) is 0 Å². The third-order valence-corrected chi connectivity index (χ3v) is 7.17. The fourth-order valence-corrected chi connectivity index (χ4v) is 5.14. The highest BCUT2D eigenvalue weighted by atomic mass is 32.2. The molecule has 0 aliphatic carbocycles. The molecule has 1 saturated heterocycles. The minimum atomic E-state index is -0.0890. The summed E-state index contributed by atoms with van der Waals surface area (Å²) in [5, 5.41) is 11.4. The van der Waals surface area contributed by atoms with Crippen LogP contribution in [0.4, 0.5) is 10.8 Å². The molecule has 1 fully saturated rings. The maximum absolute atomic E-state index is 12.6. The minimum absolute atomic E-state index is 0.0890. The lowest BCUT2D eigenvalue weighted by Crippen LogP contribution is -2.49. The number of hydrogen-bond acceptors (Lipinski definition) is 7. The van der Waals surface area contributed by atoms with E-state index in [9.17, 15) is 9.59 Å². The molecule has 1 N–H and O–H groups in total. The fraction of sp³-hybridized carbons (Fsp3) is 0.304. The number of para-hydroxylation sites is 1. The number of nitrogens with one attached hydrogen (secondary N) is 1. The van der Waals surface area contributed by atoms with Gasteiger partial charge in [0.05, 0.1) is 5.75 Å². The van der Waals surface area contributed by atoms with E-state index in [0.717, 1.165) is 18.7 Å². The lowest BCUT2D eigenvalue weighted by atomic mass is 10.1. The molecular formula is C23H25N5O2S2. The summed E-state index contributed by atoms with van der Waals surface area (Å²) in [6, 6.07) is 20.2. The van der Waals surface area contributed by atoms with Crippen LogP contribution in [-0.2, 0) is 16.0 Å². The molecule has 0 spiro atoms. The largest absolute Gasteiger partial charge is 0.368 e. The van der Waals surface area contributed by atoms with Crippen LogP contribution in [0.1, 0.15) is 12.0 Å². The molecule has 1 aliphatic rings. The third kappa shape index (κ3) is 6.30. The lowest BCUT2D eigenvalue weighted by molar-refractivity contribution is -0.128. The molecule has 0 bridgehead atoms.